The van der Waals surface area contributed by atoms with Crippen LogP contribution in [0, 0.1) is 0 Å². The number of carbonyl (C=O) groups excluding carboxylic acids is 1. The van der Waals surface area contributed by atoms with Crippen LogP contribution in [0.2, 0.25) is 0 Å². The summed E-state index contributed by atoms with van der Waals surface area (Å²) in [6, 6.07) is 6.94. The monoisotopic (exact) mass is 251 g/mol. The normalized spacial score (nSPS) is 12.1. The zero-order valence-electron chi connectivity index (χ0n) is 10.7. The first-order chi connectivity index (χ1) is 8.61. The quantitative estimate of drug-likeness (QED) is 0.689. The van der Waals surface area contributed by atoms with E-state index in [9.17, 15) is 9.90 Å². The number of aromatic hydroxyl groups is 1. The molecule has 3 N–H and O–H groups in total. The molecule has 0 spiro atoms. The zero-order valence-corrected chi connectivity index (χ0v) is 10.7. The minimum Gasteiger partial charge on any atom is -0.508 e. The van der Waals surface area contributed by atoms with Crippen LogP contribution in [0.25, 0.3) is 0 Å². The Bertz CT molecular complexity index is 362. The minimum atomic E-state index is -0.382. The van der Waals surface area contributed by atoms with Crippen molar-refractivity contribution in [3.63, 3.8) is 0 Å². The molecule has 4 heteroatoms. The van der Waals surface area contributed by atoms with Crippen LogP contribution in [-0.4, -0.2) is 28.8 Å². The number of aliphatic hydroxyl groups excluding tert-OH is 1. The van der Waals surface area contributed by atoms with Crippen molar-refractivity contribution in [2.45, 2.75) is 38.7 Å². The third kappa shape index (κ3) is 5.68. The highest BCUT2D eigenvalue weighted by Gasteiger charge is 2.05. The average Bonchev–Trinajstić information content (AvgIpc) is 2.38. The van der Waals surface area contributed by atoms with E-state index in [-0.39, 0.29) is 17.8 Å². The van der Waals surface area contributed by atoms with Gasteiger partial charge in [-0.3, -0.25) is 4.79 Å². The SMILES string of the molecule is CCC(O)CCC(=O)NCCc1ccc(O)cc1. The molecule has 18 heavy (non-hydrogen) atoms. The van der Waals surface area contributed by atoms with Crippen molar-refractivity contribution >= 4 is 5.91 Å². The number of hydrogen-bond acceptors (Lipinski definition) is 3. The molecule has 1 rings (SSSR count). The lowest BCUT2D eigenvalue weighted by molar-refractivity contribution is -0.121. The van der Waals surface area contributed by atoms with Gasteiger partial charge >= 0.3 is 0 Å². The van der Waals surface area contributed by atoms with Crippen molar-refractivity contribution < 1.29 is 15.0 Å². The number of nitrogens with one attached hydrogen (secondary N) is 1. The molecule has 0 aliphatic carbocycles. The number of aliphatic hydroxyl groups is 1. The van der Waals surface area contributed by atoms with E-state index in [1.807, 2.05) is 19.1 Å². The van der Waals surface area contributed by atoms with Gasteiger partial charge in [-0.25, -0.2) is 0 Å². The maximum atomic E-state index is 11.4. The van der Waals surface area contributed by atoms with Crippen LogP contribution in [0.15, 0.2) is 24.3 Å². The summed E-state index contributed by atoms with van der Waals surface area (Å²) in [7, 11) is 0. The minimum absolute atomic E-state index is 0.0266. The molecule has 1 amide bonds. The largest absolute Gasteiger partial charge is 0.508 e. The van der Waals surface area contributed by atoms with Crippen molar-refractivity contribution in [3.8, 4) is 5.75 Å². The number of carbonyl (C=O) groups is 1. The Hall–Kier alpha value is -1.55. The smallest absolute Gasteiger partial charge is 0.220 e. The molecular weight excluding hydrogens is 230 g/mol. The van der Waals surface area contributed by atoms with Crippen molar-refractivity contribution in [3.05, 3.63) is 29.8 Å². The average molecular weight is 251 g/mol. The highest BCUT2D eigenvalue weighted by atomic mass is 16.3. The lowest BCUT2D eigenvalue weighted by atomic mass is 10.1. The molecule has 100 valence electrons. The topological polar surface area (TPSA) is 69.6 Å². The van der Waals surface area contributed by atoms with E-state index in [1.165, 1.54) is 0 Å². The Kier molecular flexibility index (Phi) is 6.22. The predicted molar refractivity (Wildman–Crippen MR) is 70.4 cm³/mol. The first-order valence-electron chi connectivity index (χ1n) is 6.34. The van der Waals surface area contributed by atoms with Gasteiger partial charge in [-0.1, -0.05) is 19.1 Å². The Labute approximate surface area is 108 Å². The lowest BCUT2D eigenvalue weighted by Gasteiger charge is -2.08. The van der Waals surface area contributed by atoms with Gasteiger partial charge in [0.1, 0.15) is 5.75 Å². The van der Waals surface area contributed by atoms with Crippen LogP contribution < -0.4 is 5.32 Å². The fourth-order valence-electron chi connectivity index (χ4n) is 1.60. The summed E-state index contributed by atoms with van der Waals surface area (Å²) in [6.45, 7) is 2.47. The van der Waals surface area contributed by atoms with Crippen LogP contribution in [-0.2, 0) is 11.2 Å². The van der Waals surface area contributed by atoms with Crippen molar-refractivity contribution in [1.82, 2.24) is 5.32 Å². The molecule has 0 bridgehead atoms. The molecule has 0 radical (unpaired) electrons. The fraction of sp³-hybridized carbons (Fsp3) is 0.500. The van der Waals surface area contributed by atoms with E-state index in [1.54, 1.807) is 12.1 Å². The van der Waals surface area contributed by atoms with E-state index >= 15 is 0 Å². The third-order valence-electron chi connectivity index (χ3n) is 2.85. The van der Waals surface area contributed by atoms with Gasteiger partial charge in [0.05, 0.1) is 6.10 Å². The fourth-order valence-corrected chi connectivity index (χ4v) is 1.60. The van der Waals surface area contributed by atoms with Crippen molar-refractivity contribution in [2.24, 2.45) is 0 Å². The summed E-state index contributed by atoms with van der Waals surface area (Å²) >= 11 is 0. The van der Waals surface area contributed by atoms with Crippen molar-refractivity contribution in [1.29, 1.82) is 0 Å². The zero-order chi connectivity index (χ0) is 13.4. The summed E-state index contributed by atoms with van der Waals surface area (Å²) in [6.07, 6.45) is 1.92. The third-order valence-corrected chi connectivity index (χ3v) is 2.85. The molecule has 1 aromatic carbocycles. The molecule has 0 aliphatic heterocycles. The van der Waals surface area contributed by atoms with Crippen LogP contribution in [0.4, 0.5) is 0 Å². The Balaban J connectivity index is 2.17. The van der Waals surface area contributed by atoms with Gasteiger partial charge in [0.2, 0.25) is 5.91 Å². The van der Waals surface area contributed by atoms with Crippen molar-refractivity contribution in [2.75, 3.05) is 6.54 Å². The summed E-state index contributed by atoms with van der Waals surface area (Å²) in [4.78, 5) is 11.4. The molecule has 1 aromatic rings. The first-order valence-corrected chi connectivity index (χ1v) is 6.34. The van der Waals surface area contributed by atoms with Gasteiger partial charge < -0.3 is 15.5 Å². The van der Waals surface area contributed by atoms with Gasteiger partial charge in [-0.05, 0) is 37.0 Å². The number of rotatable bonds is 7. The van der Waals surface area contributed by atoms with Gasteiger partial charge in [0, 0.05) is 13.0 Å². The highest BCUT2D eigenvalue weighted by molar-refractivity contribution is 5.75. The van der Waals surface area contributed by atoms with Gasteiger partial charge in [-0.15, -0.1) is 0 Å². The number of benzene rings is 1. The number of phenols is 1. The van der Waals surface area contributed by atoms with Gasteiger partial charge in [0.25, 0.3) is 0 Å². The Morgan fingerprint density at radius 3 is 2.61 bits per heavy atom. The summed E-state index contributed by atoms with van der Waals surface area (Å²) in [5, 5.41) is 21.3. The van der Waals surface area contributed by atoms with E-state index in [0.29, 0.717) is 25.8 Å². The highest BCUT2D eigenvalue weighted by Crippen LogP contribution is 2.09. The Morgan fingerprint density at radius 1 is 1.33 bits per heavy atom. The molecule has 4 nitrogen and oxygen atoms in total. The second kappa shape index (κ2) is 7.71. The van der Waals surface area contributed by atoms with Crippen LogP contribution in [0.3, 0.4) is 0 Å². The van der Waals surface area contributed by atoms with Crippen LogP contribution in [0.5, 0.6) is 5.75 Å². The van der Waals surface area contributed by atoms with E-state index < -0.39 is 0 Å². The summed E-state index contributed by atoms with van der Waals surface area (Å²) in [5.74, 6) is 0.220. The molecular formula is C14H21NO3. The standard InChI is InChI=1S/C14H21NO3/c1-2-12(16)7-8-14(18)15-10-9-11-3-5-13(17)6-4-11/h3-6,12,16-17H,2,7-10H2,1H3,(H,15,18). The molecule has 1 unspecified atom stereocenters. The van der Waals surface area contributed by atoms with Gasteiger partial charge in [-0.2, -0.15) is 0 Å². The number of amides is 1. The molecule has 0 fully saturated rings. The predicted octanol–water partition coefficient (Wildman–Crippen LogP) is 1.60. The molecule has 0 heterocycles. The summed E-state index contributed by atoms with van der Waals surface area (Å²) in [5.41, 5.74) is 1.07. The first kappa shape index (κ1) is 14.5. The summed E-state index contributed by atoms with van der Waals surface area (Å²) < 4.78 is 0. The maximum absolute atomic E-state index is 11.4. The maximum Gasteiger partial charge on any atom is 0.220 e. The molecule has 0 aliphatic rings. The van der Waals surface area contributed by atoms with E-state index in [4.69, 9.17) is 5.11 Å². The van der Waals surface area contributed by atoms with E-state index in [2.05, 4.69) is 5.32 Å². The van der Waals surface area contributed by atoms with Crippen LogP contribution in [0.1, 0.15) is 31.7 Å². The van der Waals surface area contributed by atoms with Crippen LogP contribution >= 0.6 is 0 Å². The molecule has 1 atom stereocenters. The molecule has 0 aromatic heterocycles. The second-order valence-corrected chi connectivity index (χ2v) is 4.37. The Morgan fingerprint density at radius 2 is 2.00 bits per heavy atom. The molecule has 0 saturated carbocycles. The second-order valence-electron chi connectivity index (χ2n) is 4.37. The lowest BCUT2D eigenvalue weighted by Crippen LogP contribution is -2.26. The van der Waals surface area contributed by atoms with E-state index in [0.717, 1.165) is 12.0 Å². The van der Waals surface area contributed by atoms with Gasteiger partial charge in [0.15, 0.2) is 0 Å². The molecule has 0 saturated heterocycles. The number of hydrogen-bond donors (Lipinski definition) is 3. The number of phenolic OH excluding ortho intramolecular Hbond substituents is 1.